The molecule has 0 radical (unpaired) electrons. The SMILES string of the molecule is CC(O)CNC(O)c1cc([N+](=O)[O-])cc([N+](=O)[O-])c1. The second kappa shape index (κ2) is 6.18. The average Bonchev–Trinajstić information content (AvgIpc) is 2.35. The molecular weight excluding hydrogens is 258 g/mol. The van der Waals surface area contributed by atoms with Crippen molar-refractivity contribution < 1.29 is 20.1 Å². The molecule has 0 saturated carbocycles. The minimum atomic E-state index is -1.34. The molecule has 0 aliphatic rings. The second-order valence-electron chi connectivity index (χ2n) is 3.96. The van der Waals surface area contributed by atoms with E-state index in [4.69, 9.17) is 5.11 Å². The second-order valence-corrected chi connectivity index (χ2v) is 3.96. The molecule has 0 aromatic heterocycles. The Hall–Kier alpha value is -2.10. The van der Waals surface area contributed by atoms with E-state index < -0.39 is 33.6 Å². The highest BCUT2D eigenvalue weighted by Gasteiger charge is 2.19. The van der Waals surface area contributed by atoms with Gasteiger partial charge >= 0.3 is 0 Å². The van der Waals surface area contributed by atoms with E-state index in [1.165, 1.54) is 6.92 Å². The first-order valence-corrected chi connectivity index (χ1v) is 5.34. The molecule has 0 amide bonds. The molecule has 104 valence electrons. The zero-order valence-electron chi connectivity index (χ0n) is 10.0. The van der Waals surface area contributed by atoms with E-state index in [1.54, 1.807) is 0 Å². The van der Waals surface area contributed by atoms with Crippen LogP contribution in [0.15, 0.2) is 18.2 Å². The summed E-state index contributed by atoms with van der Waals surface area (Å²) in [5, 5.41) is 42.6. The molecule has 9 nitrogen and oxygen atoms in total. The number of non-ortho nitro benzene ring substituents is 2. The van der Waals surface area contributed by atoms with Gasteiger partial charge < -0.3 is 10.2 Å². The number of nitrogens with zero attached hydrogens (tertiary/aromatic N) is 2. The van der Waals surface area contributed by atoms with E-state index in [9.17, 15) is 25.3 Å². The maximum absolute atomic E-state index is 10.7. The van der Waals surface area contributed by atoms with Gasteiger partial charge in [-0.15, -0.1) is 0 Å². The Kier molecular flexibility index (Phi) is 4.87. The van der Waals surface area contributed by atoms with Crippen molar-refractivity contribution in [2.75, 3.05) is 6.54 Å². The summed E-state index contributed by atoms with van der Waals surface area (Å²) in [7, 11) is 0. The van der Waals surface area contributed by atoms with Crippen molar-refractivity contribution >= 4 is 11.4 Å². The van der Waals surface area contributed by atoms with Crippen molar-refractivity contribution in [2.45, 2.75) is 19.3 Å². The van der Waals surface area contributed by atoms with Crippen LogP contribution in [-0.2, 0) is 0 Å². The van der Waals surface area contributed by atoms with Crippen molar-refractivity contribution in [1.82, 2.24) is 5.32 Å². The normalized spacial score (nSPS) is 13.8. The van der Waals surface area contributed by atoms with Crippen LogP contribution in [0.3, 0.4) is 0 Å². The van der Waals surface area contributed by atoms with Gasteiger partial charge in [0.2, 0.25) is 0 Å². The van der Waals surface area contributed by atoms with Gasteiger partial charge in [0.1, 0.15) is 6.23 Å². The summed E-state index contributed by atoms with van der Waals surface area (Å²) in [6, 6.07) is 2.88. The molecule has 1 aromatic carbocycles. The van der Waals surface area contributed by atoms with Crippen LogP contribution >= 0.6 is 0 Å². The molecule has 0 fully saturated rings. The first-order valence-electron chi connectivity index (χ1n) is 5.34. The lowest BCUT2D eigenvalue weighted by Gasteiger charge is -2.14. The van der Waals surface area contributed by atoms with Crippen molar-refractivity contribution in [3.63, 3.8) is 0 Å². The third-order valence-electron chi connectivity index (χ3n) is 2.27. The third-order valence-corrected chi connectivity index (χ3v) is 2.27. The molecular formula is C10H13N3O6. The van der Waals surface area contributed by atoms with Crippen LogP contribution in [0.2, 0.25) is 0 Å². The van der Waals surface area contributed by atoms with Crippen LogP contribution in [0, 0.1) is 20.2 Å². The average molecular weight is 271 g/mol. The van der Waals surface area contributed by atoms with Crippen molar-refractivity contribution in [3.8, 4) is 0 Å². The largest absolute Gasteiger partial charge is 0.392 e. The number of nitro groups is 2. The predicted molar refractivity (Wildman–Crippen MR) is 64.4 cm³/mol. The highest BCUT2D eigenvalue weighted by Crippen LogP contribution is 2.25. The van der Waals surface area contributed by atoms with E-state index in [0.29, 0.717) is 0 Å². The van der Waals surface area contributed by atoms with E-state index in [1.807, 2.05) is 0 Å². The Morgan fingerprint density at radius 2 is 1.63 bits per heavy atom. The first kappa shape index (κ1) is 15.0. The van der Waals surface area contributed by atoms with Gasteiger partial charge in [0, 0.05) is 24.2 Å². The van der Waals surface area contributed by atoms with E-state index in [2.05, 4.69) is 5.32 Å². The number of nitrogens with one attached hydrogen (secondary N) is 1. The summed E-state index contributed by atoms with van der Waals surface area (Å²) in [5.74, 6) is 0. The molecule has 0 spiro atoms. The van der Waals surface area contributed by atoms with Crippen LogP contribution in [-0.4, -0.2) is 32.7 Å². The van der Waals surface area contributed by atoms with Crippen LogP contribution in [0.1, 0.15) is 18.7 Å². The molecule has 0 aliphatic heterocycles. The van der Waals surface area contributed by atoms with Crippen molar-refractivity contribution in [1.29, 1.82) is 0 Å². The topological polar surface area (TPSA) is 139 Å². The van der Waals surface area contributed by atoms with Crippen LogP contribution < -0.4 is 5.32 Å². The van der Waals surface area contributed by atoms with Gasteiger partial charge in [0.25, 0.3) is 11.4 Å². The Morgan fingerprint density at radius 1 is 1.16 bits per heavy atom. The molecule has 2 atom stereocenters. The van der Waals surface area contributed by atoms with Gasteiger partial charge in [0.05, 0.1) is 22.0 Å². The van der Waals surface area contributed by atoms with E-state index in [-0.39, 0.29) is 12.1 Å². The molecule has 3 N–H and O–H groups in total. The number of nitro benzene ring substituents is 2. The Morgan fingerprint density at radius 3 is 2.00 bits per heavy atom. The number of aliphatic hydroxyl groups excluding tert-OH is 2. The summed E-state index contributed by atoms with van der Waals surface area (Å²) in [4.78, 5) is 19.8. The van der Waals surface area contributed by atoms with Crippen molar-refractivity contribution in [3.05, 3.63) is 44.0 Å². The fraction of sp³-hybridized carbons (Fsp3) is 0.400. The molecule has 1 aromatic rings. The quantitative estimate of drug-likeness (QED) is 0.388. The molecule has 2 unspecified atom stereocenters. The molecule has 0 aliphatic carbocycles. The minimum Gasteiger partial charge on any atom is -0.392 e. The van der Waals surface area contributed by atoms with Gasteiger partial charge in [-0.25, -0.2) is 0 Å². The molecule has 1 rings (SSSR count). The number of benzene rings is 1. The lowest BCUT2D eigenvalue weighted by Crippen LogP contribution is -2.28. The minimum absolute atomic E-state index is 0.0125. The highest BCUT2D eigenvalue weighted by molar-refractivity contribution is 5.47. The first-order chi connectivity index (χ1) is 8.81. The standard InChI is InChI=1S/C10H13N3O6/c1-6(14)5-11-10(15)7-2-8(12(16)17)4-9(3-7)13(18)19/h2-4,6,10-11,14-15H,5H2,1H3. The van der Waals surface area contributed by atoms with Gasteiger partial charge in [-0.2, -0.15) is 0 Å². The summed E-state index contributed by atoms with van der Waals surface area (Å²) in [5.41, 5.74) is -0.981. The van der Waals surface area contributed by atoms with Crippen LogP contribution in [0.25, 0.3) is 0 Å². The molecule has 19 heavy (non-hydrogen) atoms. The Bertz CT molecular complexity index is 458. The van der Waals surface area contributed by atoms with Gasteiger partial charge in [-0.3, -0.25) is 25.5 Å². The maximum atomic E-state index is 10.7. The van der Waals surface area contributed by atoms with Crippen LogP contribution in [0.5, 0.6) is 0 Å². The fourth-order valence-electron chi connectivity index (χ4n) is 1.39. The summed E-state index contributed by atoms with van der Waals surface area (Å²) < 4.78 is 0. The lowest BCUT2D eigenvalue weighted by molar-refractivity contribution is -0.394. The summed E-state index contributed by atoms with van der Waals surface area (Å²) in [6.45, 7) is 1.52. The number of hydrogen-bond donors (Lipinski definition) is 3. The predicted octanol–water partition coefficient (Wildman–Crippen LogP) is 0.464. The van der Waals surface area contributed by atoms with Gasteiger partial charge in [-0.05, 0) is 6.92 Å². The van der Waals surface area contributed by atoms with Gasteiger partial charge in [0.15, 0.2) is 0 Å². The zero-order chi connectivity index (χ0) is 14.6. The maximum Gasteiger partial charge on any atom is 0.276 e. The Balaban J connectivity index is 3.05. The number of hydrogen-bond acceptors (Lipinski definition) is 7. The van der Waals surface area contributed by atoms with E-state index >= 15 is 0 Å². The third kappa shape index (κ3) is 4.25. The smallest absolute Gasteiger partial charge is 0.276 e. The Labute approximate surface area is 107 Å². The molecule has 9 heteroatoms. The zero-order valence-corrected chi connectivity index (χ0v) is 10.0. The monoisotopic (exact) mass is 271 g/mol. The summed E-state index contributed by atoms with van der Waals surface area (Å²) in [6.07, 6.45) is -2.07. The molecule has 0 heterocycles. The van der Waals surface area contributed by atoms with Gasteiger partial charge in [-0.1, -0.05) is 0 Å². The molecule has 0 bridgehead atoms. The van der Waals surface area contributed by atoms with E-state index in [0.717, 1.165) is 18.2 Å². The summed E-state index contributed by atoms with van der Waals surface area (Å²) >= 11 is 0. The highest BCUT2D eigenvalue weighted by atomic mass is 16.6. The number of aliphatic hydroxyl groups is 2. The van der Waals surface area contributed by atoms with Crippen molar-refractivity contribution in [2.24, 2.45) is 0 Å². The molecule has 0 saturated heterocycles. The number of rotatable bonds is 6. The fourth-order valence-corrected chi connectivity index (χ4v) is 1.39. The van der Waals surface area contributed by atoms with Crippen LogP contribution in [0.4, 0.5) is 11.4 Å². The lowest BCUT2D eigenvalue weighted by atomic mass is 10.1.